The van der Waals surface area contributed by atoms with Gasteiger partial charge >= 0.3 is 0 Å². The first-order valence-corrected chi connectivity index (χ1v) is 7.93. The number of nitrogens with zero attached hydrogens (tertiary/aromatic N) is 1. The zero-order chi connectivity index (χ0) is 16.1. The largest absolute Gasteiger partial charge is 0.356 e. The Morgan fingerprint density at radius 3 is 2.86 bits per heavy atom. The van der Waals surface area contributed by atoms with Gasteiger partial charge in [0, 0.05) is 23.8 Å². The predicted molar refractivity (Wildman–Crippen MR) is 88.0 cm³/mol. The van der Waals surface area contributed by atoms with Gasteiger partial charge in [0.15, 0.2) is 0 Å². The summed E-state index contributed by atoms with van der Waals surface area (Å²) in [6, 6.07) is 5.41. The molecule has 6 heteroatoms. The molecule has 2 rings (SSSR count). The minimum Gasteiger partial charge on any atom is -0.356 e. The second-order valence-electron chi connectivity index (χ2n) is 5.63. The van der Waals surface area contributed by atoms with Crippen molar-refractivity contribution in [2.75, 3.05) is 31.5 Å². The van der Waals surface area contributed by atoms with E-state index in [1.165, 1.54) is 0 Å². The topological polar surface area (TPSA) is 61.4 Å². The number of carbonyl (C=O) groups excluding carboxylic acids is 2. The van der Waals surface area contributed by atoms with E-state index in [0.717, 1.165) is 24.2 Å². The van der Waals surface area contributed by atoms with E-state index >= 15 is 0 Å². The first-order chi connectivity index (χ1) is 10.5. The number of amides is 2. The van der Waals surface area contributed by atoms with Crippen LogP contribution in [-0.4, -0.2) is 42.9 Å². The molecule has 2 amide bonds. The molecule has 0 saturated carbocycles. The van der Waals surface area contributed by atoms with Crippen LogP contribution in [0.15, 0.2) is 18.2 Å². The highest BCUT2D eigenvalue weighted by molar-refractivity contribution is 6.31. The quantitative estimate of drug-likeness (QED) is 0.871. The van der Waals surface area contributed by atoms with Gasteiger partial charge in [-0.3, -0.25) is 14.5 Å². The summed E-state index contributed by atoms with van der Waals surface area (Å²) in [5, 5.41) is 6.38. The third-order valence-electron chi connectivity index (χ3n) is 3.80. The fourth-order valence-corrected chi connectivity index (χ4v) is 2.75. The Kier molecular flexibility index (Phi) is 5.80. The van der Waals surface area contributed by atoms with Crippen molar-refractivity contribution in [3.05, 3.63) is 28.8 Å². The lowest BCUT2D eigenvalue weighted by molar-refractivity contribution is -0.125. The van der Waals surface area contributed by atoms with Crippen molar-refractivity contribution in [1.82, 2.24) is 10.2 Å². The average Bonchev–Trinajstić information content (AvgIpc) is 2.91. The van der Waals surface area contributed by atoms with Crippen molar-refractivity contribution in [2.45, 2.75) is 20.3 Å². The van der Waals surface area contributed by atoms with E-state index in [-0.39, 0.29) is 17.7 Å². The monoisotopic (exact) mass is 323 g/mol. The molecule has 1 atom stereocenters. The SMILES string of the molecule is CCNC(=O)[C@H]1CCN(CC(=O)Nc2ccc(Cl)c(C)c2)C1. The molecule has 1 aliphatic rings. The lowest BCUT2D eigenvalue weighted by atomic mass is 10.1. The van der Waals surface area contributed by atoms with Gasteiger partial charge in [0.25, 0.3) is 0 Å². The highest BCUT2D eigenvalue weighted by atomic mass is 35.5. The first kappa shape index (κ1) is 16.8. The van der Waals surface area contributed by atoms with E-state index in [2.05, 4.69) is 10.6 Å². The summed E-state index contributed by atoms with van der Waals surface area (Å²) >= 11 is 5.97. The molecule has 1 aromatic carbocycles. The summed E-state index contributed by atoms with van der Waals surface area (Å²) in [5.74, 6) is 0.00235. The molecule has 22 heavy (non-hydrogen) atoms. The zero-order valence-corrected chi connectivity index (χ0v) is 13.7. The number of rotatable bonds is 5. The lowest BCUT2D eigenvalue weighted by Crippen LogP contribution is -2.35. The molecule has 1 heterocycles. The number of carbonyl (C=O) groups is 2. The van der Waals surface area contributed by atoms with Crippen LogP contribution in [0, 0.1) is 12.8 Å². The molecule has 0 spiro atoms. The second kappa shape index (κ2) is 7.61. The molecule has 1 fully saturated rings. The van der Waals surface area contributed by atoms with E-state index in [1.807, 2.05) is 24.8 Å². The van der Waals surface area contributed by atoms with Crippen molar-refractivity contribution >= 4 is 29.1 Å². The van der Waals surface area contributed by atoms with Crippen molar-refractivity contribution in [2.24, 2.45) is 5.92 Å². The summed E-state index contributed by atoms with van der Waals surface area (Å²) in [7, 11) is 0. The predicted octanol–water partition coefficient (Wildman–Crippen LogP) is 2.04. The van der Waals surface area contributed by atoms with Crippen LogP contribution in [-0.2, 0) is 9.59 Å². The normalized spacial score (nSPS) is 18.2. The van der Waals surface area contributed by atoms with Crippen molar-refractivity contribution < 1.29 is 9.59 Å². The molecular formula is C16H22ClN3O2. The minimum atomic E-state index is -0.0710. The van der Waals surface area contributed by atoms with Gasteiger partial charge in [-0.15, -0.1) is 0 Å². The second-order valence-corrected chi connectivity index (χ2v) is 6.03. The number of nitrogens with one attached hydrogen (secondary N) is 2. The Hall–Kier alpha value is -1.59. The molecule has 2 N–H and O–H groups in total. The van der Waals surface area contributed by atoms with Crippen LogP contribution in [0.2, 0.25) is 5.02 Å². The molecule has 120 valence electrons. The van der Waals surface area contributed by atoms with Crippen LogP contribution in [0.3, 0.4) is 0 Å². The Labute approximate surface area is 136 Å². The molecule has 0 aromatic heterocycles. The number of likely N-dealkylation sites (tertiary alicyclic amines) is 1. The Balaban J connectivity index is 1.83. The smallest absolute Gasteiger partial charge is 0.238 e. The number of hydrogen-bond acceptors (Lipinski definition) is 3. The van der Waals surface area contributed by atoms with Crippen LogP contribution in [0.25, 0.3) is 0 Å². The van der Waals surface area contributed by atoms with E-state index in [9.17, 15) is 9.59 Å². The minimum absolute atomic E-state index is 0.00877. The fraction of sp³-hybridized carbons (Fsp3) is 0.500. The first-order valence-electron chi connectivity index (χ1n) is 7.55. The van der Waals surface area contributed by atoms with Gasteiger partial charge in [-0.2, -0.15) is 0 Å². The summed E-state index contributed by atoms with van der Waals surface area (Å²) in [4.78, 5) is 25.9. The number of halogens is 1. The molecule has 5 nitrogen and oxygen atoms in total. The number of benzene rings is 1. The van der Waals surface area contributed by atoms with Gasteiger partial charge in [-0.25, -0.2) is 0 Å². The van der Waals surface area contributed by atoms with Crippen LogP contribution >= 0.6 is 11.6 Å². The van der Waals surface area contributed by atoms with Crippen LogP contribution in [0.5, 0.6) is 0 Å². The third-order valence-corrected chi connectivity index (χ3v) is 4.23. The summed E-state index contributed by atoms with van der Waals surface area (Å²) < 4.78 is 0. The standard InChI is InChI=1S/C16H22ClN3O2/c1-3-18-16(22)12-6-7-20(9-12)10-15(21)19-13-4-5-14(17)11(2)8-13/h4-5,8,12H,3,6-7,9-10H2,1-2H3,(H,18,22)(H,19,21)/t12-/m0/s1. The van der Waals surface area contributed by atoms with Gasteiger partial charge in [-0.1, -0.05) is 11.6 Å². The van der Waals surface area contributed by atoms with Gasteiger partial charge in [0.05, 0.1) is 12.5 Å². The number of aryl methyl sites for hydroxylation is 1. The van der Waals surface area contributed by atoms with E-state index in [1.54, 1.807) is 12.1 Å². The van der Waals surface area contributed by atoms with Crippen molar-refractivity contribution in [3.63, 3.8) is 0 Å². The molecule has 0 unspecified atom stereocenters. The maximum Gasteiger partial charge on any atom is 0.238 e. The number of hydrogen-bond donors (Lipinski definition) is 2. The summed E-state index contributed by atoms with van der Waals surface area (Å²) in [6.45, 7) is 6.17. The maximum atomic E-state index is 12.1. The summed E-state index contributed by atoms with van der Waals surface area (Å²) in [5.41, 5.74) is 1.67. The Morgan fingerprint density at radius 1 is 1.41 bits per heavy atom. The van der Waals surface area contributed by atoms with E-state index < -0.39 is 0 Å². The van der Waals surface area contributed by atoms with Gasteiger partial charge in [0.1, 0.15) is 0 Å². The molecule has 0 bridgehead atoms. The molecule has 0 aliphatic carbocycles. The molecule has 0 radical (unpaired) electrons. The highest BCUT2D eigenvalue weighted by Gasteiger charge is 2.28. The van der Waals surface area contributed by atoms with E-state index in [4.69, 9.17) is 11.6 Å². The third kappa shape index (κ3) is 4.45. The average molecular weight is 324 g/mol. The number of anilines is 1. The summed E-state index contributed by atoms with van der Waals surface area (Å²) in [6.07, 6.45) is 0.805. The van der Waals surface area contributed by atoms with Crippen molar-refractivity contribution in [3.8, 4) is 0 Å². The maximum absolute atomic E-state index is 12.1. The highest BCUT2D eigenvalue weighted by Crippen LogP contribution is 2.20. The Bertz CT molecular complexity index is 562. The molecular weight excluding hydrogens is 302 g/mol. The van der Waals surface area contributed by atoms with Gasteiger partial charge < -0.3 is 10.6 Å². The van der Waals surface area contributed by atoms with Crippen LogP contribution in [0.4, 0.5) is 5.69 Å². The van der Waals surface area contributed by atoms with Gasteiger partial charge in [-0.05, 0) is 50.6 Å². The Morgan fingerprint density at radius 2 is 2.18 bits per heavy atom. The molecule has 1 aliphatic heterocycles. The van der Waals surface area contributed by atoms with Crippen LogP contribution < -0.4 is 10.6 Å². The van der Waals surface area contributed by atoms with E-state index in [0.29, 0.717) is 24.7 Å². The van der Waals surface area contributed by atoms with Crippen molar-refractivity contribution in [1.29, 1.82) is 0 Å². The van der Waals surface area contributed by atoms with Gasteiger partial charge in [0.2, 0.25) is 11.8 Å². The lowest BCUT2D eigenvalue weighted by Gasteiger charge is -2.15. The zero-order valence-electron chi connectivity index (χ0n) is 13.0. The fourth-order valence-electron chi connectivity index (χ4n) is 2.63. The molecule has 1 saturated heterocycles. The van der Waals surface area contributed by atoms with Crippen LogP contribution in [0.1, 0.15) is 18.9 Å². The molecule has 1 aromatic rings.